The summed E-state index contributed by atoms with van der Waals surface area (Å²) >= 11 is 0. The normalized spacial score (nSPS) is 26.4. The van der Waals surface area contributed by atoms with Crippen LogP contribution in [0.3, 0.4) is 0 Å². The van der Waals surface area contributed by atoms with Crippen molar-refractivity contribution in [3.63, 3.8) is 0 Å². The lowest BCUT2D eigenvalue weighted by Gasteiger charge is -2.35. The average Bonchev–Trinajstić information content (AvgIpc) is 2.48. The predicted molar refractivity (Wildman–Crippen MR) is 84.5 cm³/mol. The van der Waals surface area contributed by atoms with Gasteiger partial charge in [-0.1, -0.05) is 64.3 Å². The second kappa shape index (κ2) is 6.44. The van der Waals surface area contributed by atoms with Crippen molar-refractivity contribution in [2.75, 3.05) is 0 Å². The third-order valence-electron chi connectivity index (χ3n) is 4.95. The number of hydrogen-bond donors (Lipinski definition) is 0. The van der Waals surface area contributed by atoms with E-state index >= 15 is 0 Å². The van der Waals surface area contributed by atoms with Crippen LogP contribution in [0.4, 0.5) is 0 Å². The first kappa shape index (κ1) is 15.1. The molecule has 0 amide bonds. The summed E-state index contributed by atoms with van der Waals surface area (Å²) in [6.45, 7) is 6.70. The van der Waals surface area contributed by atoms with Crippen molar-refractivity contribution >= 4 is 0 Å². The summed E-state index contributed by atoms with van der Waals surface area (Å²) < 4.78 is 0. The molecule has 108 valence electrons. The van der Waals surface area contributed by atoms with E-state index in [0.29, 0.717) is 5.92 Å². The zero-order valence-electron chi connectivity index (χ0n) is 13.2. The summed E-state index contributed by atoms with van der Waals surface area (Å²) in [7, 11) is 0. The first-order valence-electron chi connectivity index (χ1n) is 8.08. The lowest BCUT2D eigenvalue weighted by Crippen LogP contribution is -2.29. The molecule has 1 aliphatic rings. The summed E-state index contributed by atoms with van der Waals surface area (Å²) in [5.41, 5.74) is 2.60. The van der Waals surface area contributed by atoms with E-state index in [9.17, 15) is 5.26 Å². The SMILES string of the molecule is CCC1CCCC(C#N)(Cc2ccc(C(C)C)cc2)C1. The van der Waals surface area contributed by atoms with Crippen molar-refractivity contribution in [1.29, 1.82) is 5.26 Å². The van der Waals surface area contributed by atoms with Gasteiger partial charge in [-0.25, -0.2) is 0 Å². The van der Waals surface area contributed by atoms with Crippen molar-refractivity contribution in [3.05, 3.63) is 35.4 Å². The van der Waals surface area contributed by atoms with Crippen LogP contribution in [-0.4, -0.2) is 0 Å². The molecule has 20 heavy (non-hydrogen) atoms. The van der Waals surface area contributed by atoms with E-state index < -0.39 is 0 Å². The van der Waals surface area contributed by atoms with E-state index in [1.807, 2.05) is 0 Å². The van der Waals surface area contributed by atoms with Crippen LogP contribution in [0.15, 0.2) is 24.3 Å². The van der Waals surface area contributed by atoms with E-state index in [0.717, 1.165) is 25.2 Å². The zero-order chi connectivity index (χ0) is 14.6. The Morgan fingerprint density at radius 1 is 1.30 bits per heavy atom. The molecule has 0 N–H and O–H groups in total. The third-order valence-corrected chi connectivity index (χ3v) is 4.95. The van der Waals surface area contributed by atoms with Gasteiger partial charge in [0.1, 0.15) is 0 Å². The van der Waals surface area contributed by atoms with Gasteiger partial charge in [0.2, 0.25) is 0 Å². The lowest BCUT2D eigenvalue weighted by molar-refractivity contribution is 0.194. The van der Waals surface area contributed by atoms with Gasteiger partial charge in [-0.3, -0.25) is 0 Å². The Balaban J connectivity index is 2.11. The molecule has 1 aromatic rings. The summed E-state index contributed by atoms with van der Waals surface area (Å²) in [5.74, 6) is 1.33. The molecule has 1 aromatic carbocycles. The highest BCUT2D eigenvalue weighted by Gasteiger charge is 2.36. The molecule has 2 atom stereocenters. The van der Waals surface area contributed by atoms with Gasteiger partial charge in [-0.2, -0.15) is 5.26 Å². The van der Waals surface area contributed by atoms with Crippen molar-refractivity contribution in [2.45, 2.75) is 65.2 Å². The molecule has 0 bridgehead atoms. The van der Waals surface area contributed by atoms with E-state index in [4.69, 9.17) is 0 Å². The summed E-state index contributed by atoms with van der Waals surface area (Å²) in [4.78, 5) is 0. The molecule has 1 saturated carbocycles. The topological polar surface area (TPSA) is 23.8 Å². The van der Waals surface area contributed by atoms with E-state index in [1.54, 1.807) is 0 Å². The van der Waals surface area contributed by atoms with Gasteiger partial charge in [0.05, 0.1) is 11.5 Å². The fourth-order valence-electron chi connectivity index (χ4n) is 3.55. The highest BCUT2D eigenvalue weighted by molar-refractivity contribution is 5.26. The zero-order valence-corrected chi connectivity index (χ0v) is 13.2. The van der Waals surface area contributed by atoms with Gasteiger partial charge in [0.25, 0.3) is 0 Å². The maximum absolute atomic E-state index is 9.71. The number of benzene rings is 1. The third kappa shape index (κ3) is 3.42. The Morgan fingerprint density at radius 2 is 2.00 bits per heavy atom. The number of nitriles is 1. The van der Waals surface area contributed by atoms with Crippen molar-refractivity contribution in [1.82, 2.24) is 0 Å². The number of nitrogens with zero attached hydrogens (tertiary/aromatic N) is 1. The van der Waals surface area contributed by atoms with Crippen LogP contribution >= 0.6 is 0 Å². The molecule has 2 rings (SSSR count). The molecular formula is C19H27N. The van der Waals surface area contributed by atoms with Crippen LogP contribution in [-0.2, 0) is 6.42 Å². The highest BCUT2D eigenvalue weighted by atomic mass is 14.4. The first-order valence-corrected chi connectivity index (χ1v) is 8.08. The summed E-state index contributed by atoms with van der Waals surface area (Å²) in [6, 6.07) is 11.6. The number of hydrogen-bond acceptors (Lipinski definition) is 1. The van der Waals surface area contributed by atoms with E-state index in [1.165, 1.54) is 30.4 Å². The molecule has 1 fully saturated rings. The molecule has 2 unspecified atom stereocenters. The van der Waals surface area contributed by atoms with Crippen LogP contribution < -0.4 is 0 Å². The fraction of sp³-hybridized carbons (Fsp3) is 0.632. The maximum atomic E-state index is 9.71. The summed E-state index contributed by atoms with van der Waals surface area (Å²) in [6.07, 6.45) is 6.84. The van der Waals surface area contributed by atoms with Crippen molar-refractivity contribution < 1.29 is 0 Å². The molecular weight excluding hydrogens is 242 g/mol. The van der Waals surface area contributed by atoms with Crippen LogP contribution in [0.2, 0.25) is 0 Å². The molecule has 0 radical (unpaired) electrons. The monoisotopic (exact) mass is 269 g/mol. The Bertz CT molecular complexity index is 466. The number of rotatable bonds is 4. The minimum atomic E-state index is -0.113. The molecule has 0 aromatic heterocycles. The minimum Gasteiger partial charge on any atom is -0.198 e. The first-order chi connectivity index (χ1) is 9.58. The van der Waals surface area contributed by atoms with E-state index in [-0.39, 0.29) is 5.41 Å². The summed E-state index contributed by atoms with van der Waals surface area (Å²) in [5, 5.41) is 9.71. The molecule has 0 heterocycles. The Morgan fingerprint density at radius 3 is 2.55 bits per heavy atom. The second-order valence-corrected chi connectivity index (χ2v) is 6.84. The van der Waals surface area contributed by atoms with Crippen LogP contribution in [0.25, 0.3) is 0 Å². The van der Waals surface area contributed by atoms with Crippen LogP contribution in [0.5, 0.6) is 0 Å². The van der Waals surface area contributed by atoms with Crippen LogP contribution in [0.1, 0.15) is 69.9 Å². The van der Waals surface area contributed by atoms with Crippen LogP contribution in [0, 0.1) is 22.7 Å². The smallest absolute Gasteiger partial charge is 0.0693 e. The van der Waals surface area contributed by atoms with Crippen molar-refractivity contribution in [2.24, 2.45) is 11.3 Å². The fourth-order valence-corrected chi connectivity index (χ4v) is 3.55. The van der Waals surface area contributed by atoms with Gasteiger partial charge in [0.15, 0.2) is 0 Å². The van der Waals surface area contributed by atoms with Gasteiger partial charge in [0, 0.05) is 0 Å². The standard InChI is InChI=1S/C19H27N/c1-4-16-6-5-11-19(12-16,14-20)13-17-7-9-18(10-8-17)15(2)3/h7-10,15-16H,4-6,11-13H2,1-3H3. The quantitative estimate of drug-likeness (QED) is 0.711. The maximum Gasteiger partial charge on any atom is 0.0693 e. The van der Waals surface area contributed by atoms with E-state index in [2.05, 4.69) is 51.1 Å². The Labute approximate surface area is 124 Å². The average molecular weight is 269 g/mol. The molecule has 1 heteroatoms. The Hall–Kier alpha value is -1.29. The Kier molecular flexibility index (Phi) is 4.86. The second-order valence-electron chi connectivity index (χ2n) is 6.84. The largest absolute Gasteiger partial charge is 0.198 e. The molecule has 0 saturated heterocycles. The predicted octanol–water partition coefficient (Wildman–Crippen LogP) is 5.46. The molecule has 1 aliphatic carbocycles. The molecule has 1 nitrogen and oxygen atoms in total. The van der Waals surface area contributed by atoms with Gasteiger partial charge in [-0.05, 0) is 42.2 Å². The lowest BCUT2D eigenvalue weighted by atomic mass is 9.67. The van der Waals surface area contributed by atoms with Gasteiger partial charge >= 0.3 is 0 Å². The molecule has 0 aliphatic heterocycles. The molecule has 0 spiro atoms. The minimum absolute atomic E-state index is 0.113. The van der Waals surface area contributed by atoms with Gasteiger partial charge < -0.3 is 0 Å². The van der Waals surface area contributed by atoms with Crippen molar-refractivity contribution in [3.8, 4) is 6.07 Å². The highest BCUT2D eigenvalue weighted by Crippen LogP contribution is 2.42. The van der Waals surface area contributed by atoms with Gasteiger partial charge in [-0.15, -0.1) is 0 Å².